The van der Waals surface area contributed by atoms with Crippen LogP contribution in [0.2, 0.25) is 0 Å². The van der Waals surface area contributed by atoms with Gasteiger partial charge in [0, 0.05) is 38.0 Å². The molecule has 3 N–H and O–H groups in total. The number of ether oxygens (including phenoxy) is 1. The fourth-order valence-corrected chi connectivity index (χ4v) is 9.83. The highest BCUT2D eigenvalue weighted by Crippen LogP contribution is 2.38. The largest absolute Gasteiger partial charge is 0.437 e. The van der Waals surface area contributed by atoms with Gasteiger partial charge in [-0.1, -0.05) is 30.3 Å². The molecule has 6 rings (SSSR count). The Labute approximate surface area is 283 Å². The third-order valence-corrected chi connectivity index (χ3v) is 12.8. The van der Waals surface area contributed by atoms with E-state index < -0.39 is 32.9 Å². The SMILES string of the molecule is Nc1c(Oc2ccc(F)cc2)ncn(CC2(O)CCN(C(=O)[C@@H]3CCN(S(=O)(=O)c4ccc(Br)s4)C[C@H]3c3ccccc3)CC2)c1=O. The van der Waals surface area contributed by atoms with Crippen LogP contribution in [0.15, 0.2) is 85.8 Å². The van der Waals surface area contributed by atoms with E-state index in [-0.39, 0.29) is 78.9 Å². The number of piperidine rings is 2. The molecule has 0 bridgehead atoms. The zero-order valence-corrected chi connectivity index (χ0v) is 28.4. The van der Waals surface area contributed by atoms with Crippen LogP contribution in [0.1, 0.15) is 30.7 Å². The van der Waals surface area contributed by atoms with Gasteiger partial charge in [0.25, 0.3) is 15.6 Å². The Hall–Kier alpha value is -3.63. The van der Waals surface area contributed by atoms with E-state index in [0.717, 1.165) is 20.7 Å². The molecule has 0 aliphatic carbocycles. The molecule has 0 unspecified atom stereocenters. The van der Waals surface area contributed by atoms with Gasteiger partial charge in [0.05, 0.1) is 15.9 Å². The van der Waals surface area contributed by atoms with Crippen molar-refractivity contribution >= 4 is 48.9 Å². The number of nitrogens with zero attached hydrogens (tertiary/aromatic N) is 4. The number of nitrogens with two attached hydrogens (primary N) is 1. The summed E-state index contributed by atoms with van der Waals surface area (Å²) in [6.07, 6.45) is 2.04. The molecular weight excluding hydrogens is 713 g/mol. The van der Waals surface area contributed by atoms with Gasteiger partial charge >= 0.3 is 0 Å². The standard InChI is InChI=1S/C32H33BrFN5O6S2/c33-26-10-11-27(46-26)47(43,44)39-15-12-24(25(18-39)21-4-2-1-3-5-21)30(40)37-16-13-32(42,14-17-37)19-38-20-36-29(28(35)31(38)41)45-23-8-6-22(34)7-9-23/h1-11,20,24-25,42H,12-19,35H2/t24-,25+/m1/s1. The molecule has 2 aromatic carbocycles. The molecule has 2 aliphatic heterocycles. The van der Waals surface area contributed by atoms with E-state index in [4.69, 9.17) is 10.5 Å². The lowest BCUT2D eigenvalue weighted by molar-refractivity contribution is -0.142. The number of hydrogen-bond acceptors (Lipinski definition) is 9. The number of carbonyl (C=O) groups is 1. The number of aliphatic hydroxyl groups is 1. The first-order chi connectivity index (χ1) is 22.4. The van der Waals surface area contributed by atoms with Gasteiger partial charge in [-0.2, -0.15) is 4.31 Å². The maximum atomic E-state index is 14.0. The summed E-state index contributed by atoms with van der Waals surface area (Å²) in [5.41, 5.74) is 4.77. The van der Waals surface area contributed by atoms with Crippen molar-refractivity contribution in [2.45, 2.75) is 41.5 Å². The highest BCUT2D eigenvalue weighted by molar-refractivity contribution is 9.11. The molecule has 2 fully saturated rings. The Kier molecular flexibility index (Phi) is 9.54. The predicted octanol–water partition coefficient (Wildman–Crippen LogP) is 4.43. The van der Waals surface area contributed by atoms with Gasteiger partial charge < -0.3 is 20.5 Å². The minimum absolute atomic E-state index is 0.0797. The molecule has 2 aromatic heterocycles. The fourth-order valence-electron chi connectivity index (χ4n) is 6.19. The maximum Gasteiger partial charge on any atom is 0.280 e. The first-order valence-electron chi connectivity index (χ1n) is 15.0. The molecule has 15 heteroatoms. The summed E-state index contributed by atoms with van der Waals surface area (Å²) in [7, 11) is -3.73. The number of carbonyl (C=O) groups excluding carboxylic acids is 1. The predicted molar refractivity (Wildman–Crippen MR) is 178 cm³/mol. The highest BCUT2D eigenvalue weighted by atomic mass is 79.9. The average molecular weight is 747 g/mol. The van der Waals surface area contributed by atoms with Gasteiger partial charge in [-0.05, 0) is 77.2 Å². The van der Waals surface area contributed by atoms with Crippen molar-refractivity contribution in [3.63, 3.8) is 0 Å². The summed E-state index contributed by atoms with van der Waals surface area (Å²) < 4.78 is 49.4. The van der Waals surface area contributed by atoms with Crippen LogP contribution in [0.4, 0.5) is 10.1 Å². The molecule has 4 heterocycles. The lowest BCUT2D eigenvalue weighted by Gasteiger charge is -2.43. The molecule has 4 aromatic rings. The number of thiophene rings is 1. The number of rotatable bonds is 8. The van der Waals surface area contributed by atoms with Crippen LogP contribution in [0.3, 0.4) is 0 Å². The zero-order valence-electron chi connectivity index (χ0n) is 25.2. The summed E-state index contributed by atoms with van der Waals surface area (Å²) in [6, 6.07) is 18.0. The number of halogens is 2. The quantitative estimate of drug-likeness (QED) is 0.269. The second-order valence-electron chi connectivity index (χ2n) is 11.8. The average Bonchev–Trinajstić information content (AvgIpc) is 3.53. The number of aromatic nitrogens is 2. The minimum atomic E-state index is -3.73. The van der Waals surface area contributed by atoms with Gasteiger partial charge in [0.1, 0.15) is 22.1 Å². The van der Waals surface area contributed by atoms with E-state index in [1.807, 2.05) is 30.3 Å². The van der Waals surface area contributed by atoms with Gasteiger partial charge in [-0.15, -0.1) is 11.3 Å². The van der Waals surface area contributed by atoms with Crippen LogP contribution >= 0.6 is 27.3 Å². The smallest absolute Gasteiger partial charge is 0.280 e. The molecule has 11 nitrogen and oxygen atoms in total. The summed E-state index contributed by atoms with van der Waals surface area (Å²) in [4.78, 5) is 32.9. The Morgan fingerprint density at radius 2 is 1.79 bits per heavy atom. The van der Waals surface area contributed by atoms with Crippen molar-refractivity contribution in [1.82, 2.24) is 18.8 Å². The van der Waals surface area contributed by atoms with Crippen molar-refractivity contribution < 1.29 is 27.4 Å². The first kappa shape index (κ1) is 33.3. The van der Waals surface area contributed by atoms with E-state index in [2.05, 4.69) is 20.9 Å². The molecular formula is C32H33BrFN5O6S2. The number of anilines is 1. The molecule has 2 aliphatic rings. The second kappa shape index (κ2) is 13.5. The van der Waals surface area contributed by atoms with Gasteiger partial charge in [-0.3, -0.25) is 14.2 Å². The summed E-state index contributed by atoms with van der Waals surface area (Å²) >= 11 is 4.50. The third-order valence-electron chi connectivity index (χ3n) is 8.80. The van der Waals surface area contributed by atoms with Crippen LogP contribution in [-0.2, 0) is 21.4 Å². The van der Waals surface area contributed by atoms with Crippen molar-refractivity contribution in [1.29, 1.82) is 0 Å². The molecule has 1 amide bonds. The lowest BCUT2D eigenvalue weighted by Crippen LogP contribution is -2.53. The molecule has 47 heavy (non-hydrogen) atoms. The van der Waals surface area contributed by atoms with Crippen LogP contribution in [0.25, 0.3) is 0 Å². The van der Waals surface area contributed by atoms with Gasteiger partial charge in [0.2, 0.25) is 11.8 Å². The van der Waals surface area contributed by atoms with Gasteiger partial charge in [-0.25, -0.2) is 17.8 Å². The Bertz CT molecular complexity index is 1910. The Balaban J connectivity index is 1.13. The number of sulfonamides is 1. The van der Waals surface area contributed by atoms with Crippen molar-refractivity contribution in [3.05, 3.63) is 98.6 Å². The van der Waals surface area contributed by atoms with Crippen molar-refractivity contribution in [2.75, 3.05) is 31.9 Å². The van der Waals surface area contributed by atoms with E-state index >= 15 is 0 Å². The van der Waals surface area contributed by atoms with Crippen molar-refractivity contribution in [2.24, 2.45) is 5.92 Å². The number of likely N-dealkylation sites (tertiary alicyclic amines) is 1. The zero-order chi connectivity index (χ0) is 33.3. The minimum Gasteiger partial charge on any atom is -0.437 e. The van der Waals surface area contributed by atoms with Crippen molar-refractivity contribution in [3.8, 4) is 11.6 Å². The molecule has 248 valence electrons. The number of hydrogen-bond donors (Lipinski definition) is 2. The number of nitrogen functional groups attached to an aromatic ring is 1. The molecule has 2 saturated heterocycles. The molecule has 0 saturated carbocycles. The third kappa shape index (κ3) is 7.14. The normalized spacial score (nSPS) is 20.2. The van der Waals surface area contributed by atoms with Crippen LogP contribution < -0.4 is 16.0 Å². The summed E-state index contributed by atoms with van der Waals surface area (Å²) in [5.74, 6) is -1.17. The van der Waals surface area contributed by atoms with Crippen LogP contribution in [0, 0.1) is 11.7 Å². The topological polar surface area (TPSA) is 148 Å². The molecule has 2 atom stereocenters. The molecule has 0 spiro atoms. The van der Waals surface area contributed by atoms with Gasteiger partial charge in [0.15, 0.2) is 5.69 Å². The number of benzene rings is 2. The summed E-state index contributed by atoms with van der Waals surface area (Å²) in [5, 5.41) is 11.4. The monoisotopic (exact) mass is 745 g/mol. The van der Waals surface area contributed by atoms with E-state index in [0.29, 0.717) is 6.42 Å². The Morgan fingerprint density at radius 3 is 2.45 bits per heavy atom. The van der Waals surface area contributed by atoms with E-state index in [1.54, 1.807) is 17.0 Å². The van der Waals surface area contributed by atoms with Crippen LogP contribution in [-0.4, -0.2) is 70.0 Å². The molecule has 0 radical (unpaired) electrons. The second-order valence-corrected chi connectivity index (χ2v) is 16.5. The fraction of sp³-hybridized carbons (Fsp3) is 0.344. The van der Waals surface area contributed by atoms with Crippen LogP contribution in [0.5, 0.6) is 11.6 Å². The van der Waals surface area contributed by atoms with E-state index in [1.165, 1.54) is 39.5 Å². The summed E-state index contributed by atoms with van der Waals surface area (Å²) in [6.45, 7) is 0.843. The van der Waals surface area contributed by atoms with E-state index in [9.17, 15) is 27.5 Å². The maximum absolute atomic E-state index is 14.0. The highest BCUT2D eigenvalue weighted by Gasteiger charge is 2.43. The lowest BCUT2D eigenvalue weighted by atomic mass is 9.80. The number of amides is 1. The Morgan fingerprint density at radius 1 is 1.09 bits per heavy atom. The first-order valence-corrected chi connectivity index (χ1v) is 18.1.